The zero-order chi connectivity index (χ0) is 11.5. The van der Waals surface area contributed by atoms with Gasteiger partial charge in [-0.2, -0.15) is 0 Å². The molecule has 0 atom stereocenters. The molecule has 0 heterocycles. The first-order valence-corrected chi connectivity index (χ1v) is 6.95. The lowest BCUT2D eigenvalue weighted by atomic mass is 9.48. The summed E-state index contributed by atoms with van der Waals surface area (Å²) in [6.07, 6.45) is 8.29. The van der Waals surface area contributed by atoms with Crippen LogP contribution in [-0.4, -0.2) is 5.11 Å². The van der Waals surface area contributed by atoms with Gasteiger partial charge >= 0.3 is 0 Å². The summed E-state index contributed by atoms with van der Waals surface area (Å²) in [6, 6.07) is 8.84. The first-order chi connectivity index (χ1) is 8.25. The van der Waals surface area contributed by atoms with E-state index in [1.165, 1.54) is 44.1 Å². The second kappa shape index (κ2) is 3.28. The summed E-state index contributed by atoms with van der Waals surface area (Å²) in [7, 11) is 0. The predicted molar refractivity (Wildman–Crippen MR) is 66.8 cm³/mol. The van der Waals surface area contributed by atoms with Gasteiger partial charge in [0.15, 0.2) is 0 Å². The summed E-state index contributed by atoms with van der Waals surface area (Å²) in [5.41, 5.74) is 1.50. The Balaban J connectivity index is 1.80. The van der Waals surface area contributed by atoms with Crippen molar-refractivity contribution in [3.63, 3.8) is 0 Å². The smallest absolute Gasteiger partial charge is 0.119 e. The fraction of sp³-hybridized carbons (Fsp3) is 0.625. The van der Waals surface area contributed by atoms with Gasteiger partial charge in [0.1, 0.15) is 5.75 Å². The summed E-state index contributed by atoms with van der Waals surface area (Å²) in [6.45, 7) is 0. The molecular formula is C16H19O. The van der Waals surface area contributed by atoms with Crippen LogP contribution in [0.4, 0.5) is 0 Å². The summed E-state index contributed by atoms with van der Waals surface area (Å²) in [4.78, 5) is 0. The summed E-state index contributed by atoms with van der Waals surface area (Å²) < 4.78 is 0. The number of rotatable bonds is 1. The third-order valence-corrected chi connectivity index (χ3v) is 5.45. The van der Waals surface area contributed by atoms with Gasteiger partial charge in [-0.3, -0.25) is 0 Å². The molecule has 1 aromatic carbocycles. The molecule has 4 aliphatic rings. The summed E-state index contributed by atoms with van der Waals surface area (Å²) in [5.74, 6) is 3.30. The maximum Gasteiger partial charge on any atom is 0.119 e. The number of aromatic hydroxyl groups is 1. The molecule has 4 bridgehead atoms. The third kappa shape index (κ3) is 1.38. The average molecular weight is 227 g/mol. The van der Waals surface area contributed by atoms with Crippen LogP contribution in [0.2, 0.25) is 0 Å². The van der Waals surface area contributed by atoms with Crippen LogP contribution in [-0.2, 0) is 5.41 Å². The van der Waals surface area contributed by atoms with Crippen molar-refractivity contribution in [2.24, 2.45) is 17.8 Å². The molecule has 1 aromatic rings. The fourth-order valence-corrected chi connectivity index (χ4v) is 5.29. The molecule has 17 heavy (non-hydrogen) atoms. The highest BCUT2D eigenvalue weighted by Gasteiger charge is 2.52. The standard InChI is InChI=1S/C16H19O/c17-15-4-2-1-3-14(15)16-8-11-5-12(9-16)7-13(6-11)10-16/h2-4,11-13,17H,5-10H2. The molecule has 1 radical (unpaired) electrons. The Morgan fingerprint density at radius 1 is 1.06 bits per heavy atom. The van der Waals surface area contributed by atoms with Crippen LogP contribution in [0.5, 0.6) is 5.75 Å². The molecule has 4 fully saturated rings. The molecule has 4 aliphatic carbocycles. The Hall–Kier alpha value is -0.980. The third-order valence-electron chi connectivity index (χ3n) is 5.45. The number of phenolic OH excluding ortho intramolecular Hbond substituents is 1. The SMILES string of the molecule is Oc1cc[c]cc1C12CC3CC(CC(C3)C1)C2. The highest BCUT2D eigenvalue weighted by atomic mass is 16.3. The maximum absolute atomic E-state index is 10.2. The van der Waals surface area contributed by atoms with E-state index < -0.39 is 0 Å². The Bertz CT molecular complexity index is 413. The highest BCUT2D eigenvalue weighted by molar-refractivity contribution is 5.40. The number of hydrogen-bond acceptors (Lipinski definition) is 1. The molecule has 0 unspecified atom stereocenters. The lowest BCUT2D eigenvalue weighted by Crippen LogP contribution is -2.48. The van der Waals surface area contributed by atoms with E-state index in [1.54, 1.807) is 0 Å². The van der Waals surface area contributed by atoms with Crippen molar-refractivity contribution in [3.8, 4) is 5.75 Å². The van der Waals surface area contributed by atoms with E-state index in [2.05, 4.69) is 6.07 Å². The molecule has 1 nitrogen and oxygen atoms in total. The van der Waals surface area contributed by atoms with Gasteiger partial charge in [-0.15, -0.1) is 0 Å². The molecule has 89 valence electrons. The quantitative estimate of drug-likeness (QED) is 0.776. The van der Waals surface area contributed by atoms with Crippen LogP contribution in [0.25, 0.3) is 0 Å². The number of benzene rings is 1. The van der Waals surface area contributed by atoms with E-state index in [-0.39, 0.29) is 0 Å². The van der Waals surface area contributed by atoms with Crippen LogP contribution >= 0.6 is 0 Å². The number of phenols is 1. The highest BCUT2D eigenvalue weighted by Crippen LogP contribution is 2.61. The monoisotopic (exact) mass is 227 g/mol. The zero-order valence-corrected chi connectivity index (χ0v) is 10.2. The van der Waals surface area contributed by atoms with E-state index >= 15 is 0 Å². The first kappa shape index (κ1) is 9.99. The van der Waals surface area contributed by atoms with Crippen molar-refractivity contribution >= 4 is 0 Å². The van der Waals surface area contributed by atoms with Crippen molar-refractivity contribution < 1.29 is 5.11 Å². The van der Waals surface area contributed by atoms with Gasteiger partial charge in [0, 0.05) is 5.56 Å². The van der Waals surface area contributed by atoms with Gasteiger partial charge in [0.2, 0.25) is 0 Å². The van der Waals surface area contributed by atoms with Gasteiger partial charge in [-0.25, -0.2) is 0 Å². The summed E-state index contributed by atoms with van der Waals surface area (Å²) >= 11 is 0. The van der Waals surface area contributed by atoms with E-state index in [4.69, 9.17) is 0 Å². The topological polar surface area (TPSA) is 20.2 Å². The van der Waals surface area contributed by atoms with E-state index in [0.717, 1.165) is 17.8 Å². The normalized spacial score (nSPS) is 42.9. The molecule has 4 saturated carbocycles. The molecule has 0 amide bonds. The molecule has 0 aromatic heterocycles. The van der Waals surface area contributed by atoms with Crippen LogP contribution < -0.4 is 0 Å². The maximum atomic E-state index is 10.2. The van der Waals surface area contributed by atoms with Crippen LogP contribution in [0.3, 0.4) is 0 Å². The molecule has 5 rings (SSSR count). The minimum Gasteiger partial charge on any atom is -0.508 e. The largest absolute Gasteiger partial charge is 0.508 e. The minimum absolute atomic E-state index is 0.302. The van der Waals surface area contributed by atoms with Crippen molar-refractivity contribution in [2.45, 2.75) is 43.9 Å². The lowest BCUT2D eigenvalue weighted by Gasteiger charge is -2.57. The van der Waals surface area contributed by atoms with Crippen molar-refractivity contribution in [3.05, 3.63) is 29.8 Å². The van der Waals surface area contributed by atoms with E-state index in [0.29, 0.717) is 11.2 Å². The van der Waals surface area contributed by atoms with Gasteiger partial charge < -0.3 is 5.11 Å². The number of hydrogen-bond donors (Lipinski definition) is 1. The van der Waals surface area contributed by atoms with Crippen LogP contribution in [0.15, 0.2) is 18.2 Å². The fourth-order valence-electron chi connectivity index (χ4n) is 5.29. The molecule has 0 saturated heterocycles. The van der Waals surface area contributed by atoms with Crippen LogP contribution in [0, 0.1) is 23.8 Å². The Morgan fingerprint density at radius 2 is 1.65 bits per heavy atom. The molecule has 1 N–H and O–H groups in total. The molecular weight excluding hydrogens is 208 g/mol. The lowest BCUT2D eigenvalue weighted by molar-refractivity contribution is -0.00614. The Labute approximate surface area is 103 Å². The minimum atomic E-state index is 0.302. The zero-order valence-electron chi connectivity index (χ0n) is 10.2. The van der Waals surface area contributed by atoms with Crippen molar-refractivity contribution in [1.29, 1.82) is 0 Å². The van der Waals surface area contributed by atoms with Crippen molar-refractivity contribution in [1.82, 2.24) is 0 Å². The average Bonchev–Trinajstić information content (AvgIpc) is 2.27. The second-order valence-corrected chi connectivity index (χ2v) is 6.64. The Morgan fingerprint density at radius 3 is 2.18 bits per heavy atom. The van der Waals surface area contributed by atoms with Crippen LogP contribution in [0.1, 0.15) is 44.1 Å². The van der Waals surface area contributed by atoms with Crippen molar-refractivity contribution in [2.75, 3.05) is 0 Å². The van der Waals surface area contributed by atoms with Gasteiger partial charge in [-0.05, 0) is 79.9 Å². The van der Waals surface area contributed by atoms with Gasteiger partial charge in [0.05, 0.1) is 0 Å². The second-order valence-electron chi connectivity index (χ2n) is 6.64. The summed E-state index contributed by atoms with van der Waals surface area (Å²) in [5, 5.41) is 10.2. The molecule has 1 heteroatoms. The predicted octanol–water partition coefficient (Wildman–Crippen LogP) is 3.66. The first-order valence-electron chi connectivity index (χ1n) is 6.95. The molecule has 0 aliphatic heterocycles. The Kier molecular flexibility index (Phi) is 1.93. The van der Waals surface area contributed by atoms with Gasteiger partial charge in [0.25, 0.3) is 0 Å². The van der Waals surface area contributed by atoms with E-state index in [1.807, 2.05) is 18.2 Å². The van der Waals surface area contributed by atoms with E-state index in [9.17, 15) is 5.11 Å². The molecule has 0 spiro atoms. The van der Waals surface area contributed by atoms with Gasteiger partial charge in [-0.1, -0.05) is 6.07 Å².